The standard InChI is InChI=1S/C17H21F3N2O3/c1-2-25-16(24)12-7-9-22(10-8-12)11-15(23)21-14-6-4-3-5-13(14)17(18,19)20/h3-6,12H,2,7-11H2,1H3,(H,21,23). The molecule has 1 fully saturated rings. The van der Waals surface area contributed by atoms with E-state index >= 15 is 0 Å². The zero-order chi connectivity index (χ0) is 18.4. The van der Waals surface area contributed by atoms with Gasteiger partial charge in [-0.1, -0.05) is 12.1 Å². The van der Waals surface area contributed by atoms with E-state index in [-0.39, 0.29) is 24.1 Å². The minimum Gasteiger partial charge on any atom is -0.466 e. The Morgan fingerprint density at radius 3 is 2.48 bits per heavy atom. The van der Waals surface area contributed by atoms with Crippen molar-refractivity contribution in [3.63, 3.8) is 0 Å². The van der Waals surface area contributed by atoms with E-state index in [1.807, 2.05) is 4.90 Å². The van der Waals surface area contributed by atoms with Gasteiger partial charge in [-0.25, -0.2) is 0 Å². The Kier molecular flexibility index (Phi) is 6.41. The number of esters is 1. The Bertz CT molecular complexity index is 611. The molecule has 1 saturated heterocycles. The first kappa shape index (κ1) is 19.2. The summed E-state index contributed by atoms with van der Waals surface area (Å²) in [4.78, 5) is 25.6. The molecule has 1 aromatic rings. The maximum atomic E-state index is 12.9. The average molecular weight is 358 g/mol. The maximum Gasteiger partial charge on any atom is 0.418 e. The summed E-state index contributed by atoms with van der Waals surface area (Å²) in [5.41, 5.74) is -1.12. The van der Waals surface area contributed by atoms with Crippen LogP contribution in [0.4, 0.5) is 18.9 Å². The molecule has 0 unspecified atom stereocenters. The monoisotopic (exact) mass is 358 g/mol. The van der Waals surface area contributed by atoms with Crippen molar-refractivity contribution in [2.75, 3.05) is 31.6 Å². The molecule has 1 amide bonds. The predicted octanol–water partition coefficient (Wildman–Crippen LogP) is 2.92. The van der Waals surface area contributed by atoms with Gasteiger partial charge in [-0.3, -0.25) is 14.5 Å². The molecular formula is C17H21F3N2O3. The third-order valence-electron chi connectivity index (χ3n) is 4.08. The van der Waals surface area contributed by atoms with Crippen LogP contribution in [0.5, 0.6) is 0 Å². The number of hydrogen-bond donors (Lipinski definition) is 1. The van der Waals surface area contributed by atoms with E-state index in [9.17, 15) is 22.8 Å². The first-order chi connectivity index (χ1) is 11.8. The van der Waals surface area contributed by atoms with Gasteiger partial charge in [0.2, 0.25) is 5.91 Å². The number of nitrogens with one attached hydrogen (secondary N) is 1. The van der Waals surface area contributed by atoms with Gasteiger partial charge in [-0.15, -0.1) is 0 Å². The van der Waals surface area contributed by atoms with Crippen molar-refractivity contribution in [2.24, 2.45) is 5.92 Å². The molecule has 2 rings (SSSR count). The molecule has 1 aliphatic heterocycles. The second kappa shape index (κ2) is 8.33. The molecule has 0 spiro atoms. The van der Waals surface area contributed by atoms with E-state index in [1.54, 1.807) is 6.92 Å². The van der Waals surface area contributed by atoms with E-state index in [0.29, 0.717) is 32.5 Å². The Morgan fingerprint density at radius 1 is 1.24 bits per heavy atom. The molecule has 0 aliphatic carbocycles. The van der Waals surface area contributed by atoms with Gasteiger partial charge in [0.25, 0.3) is 0 Å². The van der Waals surface area contributed by atoms with Crippen LogP contribution in [-0.4, -0.2) is 43.0 Å². The zero-order valence-electron chi connectivity index (χ0n) is 13.9. The number of carbonyl (C=O) groups is 2. The molecule has 8 heteroatoms. The van der Waals surface area contributed by atoms with E-state index in [0.717, 1.165) is 6.07 Å². The fraction of sp³-hybridized carbons (Fsp3) is 0.529. The Labute approximate surface area is 144 Å². The van der Waals surface area contributed by atoms with Crippen LogP contribution >= 0.6 is 0 Å². The SMILES string of the molecule is CCOC(=O)C1CCN(CC(=O)Nc2ccccc2C(F)(F)F)CC1. The van der Waals surface area contributed by atoms with Gasteiger partial charge >= 0.3 is 12.1 Å². The van der Waals surface area contributed by atoms with Gasteiger partial charge in [0.15, 0.2) is 0 Å². The lowest BCUT2D eigenvalue weighted by Crippen LogP contribution is -2.41. The van der Waals surface area contributed by atoms with Crippen LogP contribution in [-0.2, 0) is 20.5 Å². The highest BCUT2D eigenvalue weighted by atomic mass is 19.4. The number of likely N-dealkylation sites (tertiary alicyclic amines) is 1. The predicted molar refractivity (Wildman–Crippen MR) is 85.9 cm³/mol. The number of halogens is 3. The van der Waals surface area contributed by atoms with Crippen LogP contribution in [0.15, 0.2) is 24.3 Å². The summed E-state index contributed by atoms with van der Waals surface area (Å²) in [6.07, 6.45) is -3.38. The summed E-state index contributed by atoms with van der Waals surface area (Å²) in [5.74, 6) is -0.915. The minimum absolute atomic E-state index is 0.0122. The number of amides is 1. The van der Waals surface area contributed by atoms with Gasteiger partial charge in [-0.2, -0.15) is 13.2 Å². The number of nitrogens with zero attached hydrogens (tertiary/aromatic N) is 1. The van der Waals surface area contributed by atoms with Crippen molar-refractivity contribution >= 4 is 17.6 Å². The van der Waals surface area contributed by atoms with Crippen LogP contribution in [0.3, 0.4) is 0 Å². The Hall–Kier alpha value is -2.09. The van der Waals surface area contributed by atoms with Gasteiger partial charge in [0.1, 0.15) is 0 Å². The average Bonchev–Trinajstić information content (AvgIpc) is 2.55. The summed E-state index contributed by atoms with van der Waals surface area (Å²) < 4.78 is 43.8. The highest BCUT2D eigenvalue weighted by Gasteiger charge is 2.34. The largest absolute Gasteiger partial charge is 0.466 e. The number of anilines is 1. The molecule has 138 valence electrons. The van der Waals surface area contributed by atoms with E-state index in [2.05, 4.69) is 5.32 Å². The first-order valence-electron chi connectivity index (χ1n) is 8.16. The molecular weight excluding hydrogens is 337 g/mol. The highest BCUT2D eigenvalue weighted by Crippen LogP contribution is 2.34. The quantitative estimate of drug-likeness (QED) is 0.823. The Balaban J connectivity index is 1.87. The van der Waals surface area contributed by atoms with Crippen LogP contribution in [0, 0.1) is 5.92 Å². The van der Waals surface area contributed by atoms with Gasteiger partial charge in [-0.05, 0) is 45.0 Å². The summed E-state index contributed by atoms with van der Waals surface area (Å²) in [5, 5.41) is 2.33. The lowest BCUT2D eigenvalue weighted by molar-refractivity contribution is -0.149. The minimum atomic E-state index is -4.53. The molecule has 1 N–H and O–H groups in total. The second-order valence-corrected chi connectivity index (χ2v) is 5.89. The number of piperidine rings is 1. The molecule has 0 bridgehead atoms. The number of carbonyl (C=O) groups excluding carboxylic acids is 2. The molecule has 1 heterocycles. The zero-order valence-corrected chi connectivity index (χ0v) is 13.9. The molecule has 0 radical (unpaired) electrons. The number of para-hydroxylation sites is 1. The first-order valence-corrected chi connectivity index (χ1v) is 8.16. The van der Waals surface area contributed by atoms with Crippen molar-refractivity contribution in [3.05, 3.63) is 29.8 Å². The number of benzene rings is 1. The summed E-state index contributed by atoms with van der Waals surface area (Å²) >= 11 is 0. The molecule has 25 heavy (non-hydrogen) atoms. The smallest absolute Gasteiger partial charge is 0.418 e. The van der Waals surface area contributed by atoms with Gasteiger partial charge in [0, 0.05) is 0 Å². The Morgan fingerprint density at radius 2 is 1.88 bits per heavy atom. The number of ether oxygens (including phenoxy) is 1. The van der Waals surface area contributed by atoms with E-state index < -0.39 is 17.6 Å². The van der Waals surface area contributed by atoms with Crippen LogP contribution in [0.1, 0.15) is 25.3 Å². The van der Waals surface area contributed by atoms with Crippen LogP contribution < -0.4 is 5.32 Å². The maximum absolute atomic E-state index is 12.9. The molecule has 0 saturated carbocycles. The van der Waals surface area contributed by atoms with Crippen molar-refractivity contribution in [2.45, 2.75) is 25.9 Å². The van der Waals surface area contributed by atoms with Crippen molar-refractivity contribution in [1.82, 2.24) is 4.90 Å². The number of rotatable bonds is 5. The third-order valence-corrected chi connectivity index (χ3v) is 4.08. The lowest BCUT2D eigenvalue weighted by Gasteiger charge is -2.30. The van der Waals surface area contributed by atoms with Crippen LogP contribution in [0.2, 0.25) is 0 Å². The summed E-state index contributed by atoms with van der Waals surface area (Å²) in [6, 6.07) is 4.88. The van der Waals surface area contributed by atoms with Crippen LogP contribution in [0.25, 0.3) is 0 Å². The molecule has 0 atom stereocenters. The van der Waals surface area contributed by atoms with Gasteiger partial charge < -0.3 is 10.1 Å². The van der Waals surface area contributed by atoms with Crippen molar-refractivity contribution in [1.29, 1.82) is 0 Å². The second-order valence-electron chi connectivity index (χ2n) is 5.89. The third kappa shape index (κ3) is 5.45. The van der Waals surface area contributed by atoms with E-state index in [4.69, 9.17) is 4.74 Å². The number of hydrogen-bond acceptors (Lipinski definition) is 4. The molecule has 1 aromatic carbocycles. The fourth-order valence-electron chi connectivity index (χ4n) is 2.82. The number of alkyl halides is 3. The topological polar surface area (TPSA) is 58.6 Å². The van der Waals surface area contributed by atoms with Crippen molar-refractivity contribution in [3.8, 4) is 0 Å². The van der Waals surface area contributed by atoms with Gasteiger partial charge in [0.05, 0.1) is 30.3 Å². The normalized spacial score (nSPS) is 16.5. The fourth-order valence-corrected chi connectivity index (χ4v) is 2.82. The van der Waals surface area contributed by atoms with E-state index in [1.165, 1.54) is 18.2 Å². The lowest BCUT2D eigenvalue weighted by atomic mass is 9.97. The molecule has 0 aromatic heterocycles. The summed E-state index contributed by atoms with van der Waals surface area (Å²) in [6.45, 7) is 3.12. The van der Waals surface area contributed by atoms with Crippen molar-refractivity contribution < 1.29 is 27.5 Å². The molecule has 1 aliphatic rings. The highest BCUT2D eigenvalue weighted by molar-refractivity contribution is 5.93. The summed E-state index contributed by atoms with van der Waals surface area (Å²) in [7, 11) is 0. The molecule has 5 nitrogen and oxygen atoms in total.